The van der Waals surface area contributed by atoms with E-state index in [0.29, 0.717) is 6.54 Å². The van der Waals surface area contributed by atoms with Crippen molar-refractivity contribution in [2.45, 2.75) is 17.9 Å². The van der Waals surface area contributed by atoms with Gasteiger partial charge in [-0.25, -0.2) is 13.1 Å². The van der Waals surface area contributed by atoms with Crippen molar-refractivity contribution in [3.8, 4) is 0 Å². The first kappa shape index (κ1) is 22.6. The molecule has 0 aliphatic heterocycles. The summed E-state index contributed by atoms with van der Waals surface area (Å²) in [5, 5.41) is 3.78. The van der Waals surface area contributed by atoms with Crippen LogP contribution in [0, 0.1) is 0 Å². The lowest BCUT2D eigenvalue weighted by atomic mass is 10.3. The van der Waals surface area contributed by atoms with Crippen molar-refractivity contribution in [1.29, 1.82) is 0 Å². The van der Waals surface area contributed by atoms with Crippen molar-refractivity contribution in [2.75, 3.05) is 20.2 Å². The Bertz CT molecular complexity index is 913. The van der Waals surface area contributed by atoms with E-state index >= 15 is 0 Å². The molecule has 0 unspecified atom stereocenters. The van der Waals surface area contributed by atoms with Gasteiger partial charge in [-0.15, -0.1) is 0 Å². The highest BCUT2D eigenvalue weighted by molar-refractivity contribution is 7.89. The molecule has 2 rings (SSSR count). The summed E-state index contributed by atoms with van der Waals surface area (Å²) in [6.45, 7) is -0.220. The van der Waals surface area contributed by atoms with Gasteiger partial charge in [0.05, 0.1) is 16.5 Å². The molecule has 0 aliphatic carbocycles. The SMILES string of the molecule is CN(Cc1ccsc1)C(=O)COC(=O)CCNS(=O)(=O)c1c(Cl)cccc1Cl. The number of carbonyl (C=O) groups is 2. The molecule has 0 aliphatic rings. The number of thiophene rings is 1. The first-order valence-electron chi connectivity index (χ1n) is 8.05. The number of hydrogen-bond acceptors (Lipinski definition) is 6. The second kappa shape index (κ2) is 10.2. The summed E-state index contributed by atoms with van der Waals surface area (Å²) in [6, 6.07) is 6.22. The highest BCUT2D eigenvalue weighted by Gasteiger charge is 2.21. The Hall–Kier alpha value is -1.65. The van der Waals surface area contributed by atoms with Crippen molar-refractivity contribution < 1.29 is 22.7 Å². The number of sulfonamides is 1. The molecule has 0 radical (unpaired) electrons. The first-order valence-corrected chi connectivity index (χ1v) is 11.2. The van der Waals surface area contributed by atoms with E-state index in [1.165, 1.54) is 34.4 Å². The fraction of sp³-hybridized carbons (Fsp3) is 0.294. The third-order valence-corrected chi connectivity index (χ3v) is 6.74. The van der Waals surface area contributed by atoms with Gasteiger partial charge in [0.1, 0.15) is 4.90 Å². The summed E-state index contributed by atoms with van der Waals surface area (Å²) in [5.74, 6) is -1.06. The summed E-state index contributed by atoms with van der Waals surface area (Å²) in [4.78, 5) is 24.9. The number of amides is 1. The number of nitrogens with one attached hydrogen (secondary N) is 1. The molecule has 28 heavy (non-hydrogen) atoms. The van der Waals surface area contributed by atoms with Gasteiger partial charge in [-0.1, -0.05) is 29.3 Å². The standard InChI is InChI=1S/C17H18Cl2N2O5S2/c1-21(9-12-6-8-27-11-12)15(22)10-26-16(23)5-7-20-28(24,25)17-13(18)3-2-4-14(17)19/h2-4,6,8,11,20H,5,7,9-10H2,1H3. The Kier molecular flexibility index (Phi) is 8.26. The molecule has 1 amide bonds. The first-order chi connectivity index (χ1) is 13.2. The summed E-state index contributed by atoms with van der Waals surface area (Å²) in [6.07, 6.45) is -0.247. The second-order valence-electron chi connectivity index (χ2n) is 5.74. The zero-order valence-corrected chi connectivity index (χ0v) is 18.0. The molecule has 1 N–H and O–H groups in total. The van der Waals surface area contributed by atoms with Gasteiger partial charge in [-0.2, -0.15) is 11.3 Å². The van der Waals surface area contributed by atoms with Gasteiger partial charge in [0.15, 0.2) is 6.61 Å². The van der Waals surface area contributed by atoms with E-state index < -0.39 is 22.6 Å². The van der Waals surface area contributed by atoms with Crippen molar-refractivity contribution in [3.63, 3.8) is 0 Å². The Morgan fingerprint density at radius 1 is 1.21 bits per heavy atom. The van der Waals surface area contributed by atoms with E-state index in [1.807, 2.05) is 16.8 Å². The van der Waals surface area contributed by atoms with E-state index in [9.17, 15) is 18.0 Å². The highest BCUT2D eigenvalue weighted by atomic mass is 35.5. The summed E-state index contributed by atoms with van der Waals surface area (Å²) in [5.41, 5.74) is 0.986. The molecule has 0 fully saturated rings. The minimum absolute atomic E-state index is 0.0261. The number of halogens is 2. The third-order valence-electron chi connectivity index (χ3n) is 3.59. The van der Waals surface area contributed by atoms with Gasteiger partial charge >= 0.3 is 5.97 Å². The Balaban J connectivity index is 1.77. The van der Waals surface area contributed by atoms with E-state index in [2.05, 4.69) is 4.72 Å². The van der Waals surface area contributed by atoms with Crippen molar-refractivity contribution >= 4 is 56.4 Å². The minimum Gasteiger partial charge on any atom is -0.456 e. The predicted molar refractivity (Wildman–Crippen MR) is 108 cm³/mol. The lowest BCUT2D eigenvalue weighted by molar-refractivity contribution is -0.151. The van der Waals surface area contributed by atoms with Gasteiger partial charge in [-0.05, 0) is 34.5 Å². The van der Waals surface area contributed by atoms with Crippen LogP contribution in [-0.2, 0) is 30.9 Å². The van der Waals surface area contributed by atoms with Gasteiger partial charge in [0, 0.05) is 20.1 Å². The van der Waals surface area contributed by atoms with E-state index in [-0.39, 0.29) is 33.8 Å². The fourth-order valence-corrected chi connectivity index (χ4v) is 5.00. The van der Waals surface area contributed by atoms with Crippen LogP contribution in [0.1, 0.15) is 12.0 Å². The van der Waals surface area contributed by atoms with E-state index in [4.69, 9.17) is 27.9 Å². The van der Waals surface area contributed by atoms with Crippen LogP contribution in [0.3, 0.4) is 0 Å². The number of hydrogen-bond donors (Lipinski definition) is 1. The van der Waals surface area contributed by atoms with Crippen LogP contribution in [0.4, 0.5) is 0 Å². The van der Waals surface area contributed by atoms with Gasteiger partial charge in [0.25, 0.3) is 5.91 Å². The van der Waals surface area contributed by atoms with Crippen LogP contribution < -0.4 is 4.72 Å². The van der Waals surface area contributed by atoms with Crippen LogP contribution in [-0.4, -0.2) is 45.4 Å². The van der Waals surface area contributed by atoms with Crippen molar-refractivity contribution in [3.05, 3.63) is 50.6 Å². The molecule has 11 heteroatoms. The van der Waals surface area contributed by atoms with Crippen LogP contribution in [0.5, 0.6) is 0 Å². The quantitative estimate of drug-likeness (QED) is 0.575. The van der Waals surface area contributed by atoms with Crippen LogP contribution >= 0.6 is 34.5 Å². The molecule has 0 bridgehead atoms. The molecule has 1 heterocycles. The third kappa shape index (κ3) is 6.46. The van der Waals surface area contributed by atoms with Crippen LogP contribution in [0.2, 0.25) is 10.0 Å². The number of rotatable bonds is 9. The maximum Gasteiger partial charge on any atom is 0.307 e. The number of nitrogens with zero attached hydrogens (tertiary/aromatic N) is 1. The predicted octanol–water partition coefficient (Wildman–Crippen LogP) is 2.93. The number of benzene rings is 1. The summed E-state index contributed by atoms with van der Waals surface area (Å²) in [7, 11) is -2.38. The highest BCUT2D eigenvalue weighted by Crippen LogP contribution is 2.28. The lowest BCUT2D eigenvalue weighted by Gasteiger charge is -2.16. The molecular formula is C17H18Cl2N2O5S2. The molecule has 0 saturated carbocycles. The van der Waals surface area contributed by atoms with E-state index in [1.54, 1.807) is 7.05 Å². The summed E-state index contributed by atoms with van der Waals surface area (Å²) >= 11 is 13.3. The molecule has 152 valence electrons. The maximum atomic E-state index is 12.3. The Morgan fingerprint density at radius 3 is 2.50 bits per heavy atom. The number of likely N-dealkylation sites (N-methyl/N-ethyl adjacent to an activating group) is 1. The molecule has 0 spiro atoms. The van der Waals surface area contributed by atoms with Gasteiger partial charge < -0.3 is 9.64 Å². The smallest absolute Gasteiger partial charge is 0.307 e. The fourth-order valence-electron chi connectivity index (χ4n) is 2.17. The topological polar surface area (TPSA) is 92.8 Å². The largest absolute Gasteiger partial charge is 0.456 e. The lowest BCUT2D eigenvalue weighted by Crippen LogP contribution is -2.31. The molecule has 2 aromatic rings. The zero-order chi connectivity index (χ0) is 20.7. The van der Waals surface area contributed by atoms with Crippen molar-refractivity contribution in [2.24, 2.45) is 0 Å². The van der Waals surface area contributed by atoms with Crippen LogP contribution in [0.25, 0.3) is 0 Å². The minimum atomic E-state index is -3.99. The molecule has 7 nitrogen and oxygen atoms in total. The van der Waals surface area contributed by atoms with E-state index in [0.717, 1.165) is 5.56 Å². The molecule has 1 aromatic carbocycles. The average Bonchev–Trinajstić information content (AvgIpc) is 3.12. The van der Waals surface area contributed by atoms with Crippen molar-refractivity contribution in [1.82, 2.24) is 9.62 Å². The Labute approximate surface area is 177 Å². The monoisotopic (exact) mass is 464 g/mol. The zero-order valence-electron chi connectivity index (χ0n) is 14.9. The second-order valence-corrected chi connectivity index (χ2v) is 9.04. The number of esters is 1. The van der Waals surface area contributed by atoms with Crippen LogP contribution in [0.15, 0.2) is 39.9 Å². The molecule has 1 aromatic heterocycles. The summed E-state index contributed by atoms with van der Waals surface area (Å²) < 4.78 is 31.7. The maximum absolute atomic E-state index is 12.3. The number of ether oxygens (including phenoxy) is 1. The Morgan fingerprint density at radius 2 is 1.89 bits per heavy atom. The molecule has 0 atom stereocenters. The molecule has 0 saturated heterocycles. The van der Waals surface area contributed by atoms with Gasteiger partial charge in [0.2, 0.25) is 10.0 Å². The van der Waals surface area contributed by atoms with Gasteiger partial charge in [-0.3, -0.25) is 9.59 Å². The number of carbonyl (C=O) groups excluding carboxylic acids is 2. The normalized spacial score (nSPS) is 11.2. The average molecular weight is 465 g/mol. The molecular weight excluding hydrogens is 447 g/mol.